The fourth-order valence-corrected chi connectivity index (χ4v) is 6.34. The Balaban J connectivity index is 1.92. The Morgan fingerprint density at radius 3 is 2.00 bits per heavy atom. The number of benzene rings is 2. The van der Waals surface area contributed by atoms with Crippen LogP contribution in [0, 0.1) is 5.41 Å². The Labute approximate surface area is 158 Å². The molecular formula is C22H30O3Si. The predicted molar refractivity (Wildman–Crippen MR) is 109 cm³/mol. The van der Waals surface area contributed by atoms with Crippen LogP contribution in [0.1, 0.15) is 33.6 Å². The molecule has 140 valence electrons. The maximum atomic E-state index is 10.1. The fourth-order valence-electron chi connectivity index (χ4n) is 3.62. The predicted octanol–water partition coefficient (Wildman–Crippen LogP) is 2.50. The number of aliphatic hydroxyl groups is 1. The molecule has 2 aromatic carbocycles. The van der Waals surface area contributed by atoms with Gasteiger partial charge in [-0.25, -0.2) is 0 Å². The molecule has 0 amide bonds. The zero-order valence-electron chi connectivity index (χ0n) is 16.0. The summed E-state index contributed by atoms with van der Waals surface area (Å²) in [4.78, 5) is 0. The van der Waals surface area contributed by atoms with Crippen molar-refractivity contribution in [3.8, 4) is 0 Å². The molecule has 3 nitrogen and oxygen atoms in total. The monoisotopic (exact) mass is 370 g/mol. The van der Waals surface area contributed by atoms with E-state index in [0.717, 1.165) is 0 Å². The van der Waals surface area contributed by atoms with Crippen LogP contribution >= 0.6 is 0 Å². The van der Waals surface area contributed by atoms with Crippen LogP contribution in [0.4, 0.5) is 0 Å². The molecule has 3 unspecified atom stereocenters. The molecule has 0 saturated carbocycles. The zero-order chi connectivity index (χ0) is 18.6. The smallest absolute Gasteiger partial charge is 0.240 e. The largest absolute Gasteiger partial charge is 0.405 e. The van der Waals surface area contributed by atoms with Crippen molar-refractivity contribution in [1.29, 1.82) is 0 Å². The van der Waals surface area contributed by atoms with E-state index in [-0.39, 0.29) is 23.7 Å². The number of hydrogen-bond acceptors (Lipinski definition) is 3. The molecule has 1 aliphatic rings. The second-order valence-electron chi connectivity index (χ2n) is 8.21. The molecule has 1 saturated heterocycles. The van der Waals surface area contributed by atoms with Gasteiger partial charge in [0.05, 0.1) is 18.3 Å². The first-order valence-corrected chi connectivity index (χ1v) is 11.1. The summed E-state index contributed by atoms with van der Waals surface area (Å²) in [5.74, 6) is 0. The van der Waals surface area contributed by atoms with Gasteiger partial charge in [0.15, 0.2) is 0 Å². The lowest BCUT2D eigenvalue weighted by Gasteiger charge is -2.41. The molecule has 0 spiro atoms. The summed E-state index contributed by atoms with van der Waals surface area (Å²) < 4.78 is 12.9. The van der Waals surface area contributed by atoms with Crippen LogP contribution in [0.5, 0.6) is 0 Å². The molecule has 1 N–H and O–H groups in total. The number of aliphatic hydroxyl groups excluding tert-OH is 1. The average molecular weight is 371 g/mol. The number of hydrogen-bond donors (Lipinski definition) is 1. The lowest BCUT2D eigenvalue weighted by Crippen LogP contribution is -2.54. The van der Waals surface area contributed by atoms with Gasteiger partial charge in [0.25, 0.3) is 0 Å². The standard InChI is InChI=1S/C22H30O3Si/c1-22(2,3)21(20-16-17(23)14-15-24-20)25-26(18-10-6-4-7-11-18)19-12-8-5-9-13-19/h4-13,17,20-21,23,26H,14-16H2,1-3H3. The molecule has 0 aliphatic carbocycles. The summed E-state index contributed by atoms with van der Waals surface area (Å²) in [6.45, 7) is 7.20. The van der Waals surface area contributed by atoms with Crippen molar-refractivity contribution >= 4 is 19.4 Å². The second-order valence-corrected chi connectivity index (χ2v) is 10.6. The Bertz CT molecular complexity index is 629. The van der Waals surface area contributed by atoms with Crippen LogP contribution in [-0.2, 0) is 9.16 Å². The third-order valence-corrected chi connectivity index (χ3v) is 7.51. The van der Waals surface area contributed by atoms with E-state index in [4.69, 9.17) is 9.16 Å². The Kier molecular flexibility index (Phi) is 6.30. The average Bonchev–Trinajstić information content (AvgIpc) is 2.63. The molecule has 4 heteroatoms. The summed E-state index contributed by atoms with van der Waals surface area (Å²) in [6.07, 6.45) is 0.935. The lowest BCUT2D eigenvalue weighted by atomic mass is 9.83. The third-order valence-electron chi connectivity index (χ3n) is 4.97. The summed E-state index contributed by atoms with van der Waals surface area (Å²) in [7, 11) is -1.86. The normalized spacial score (nSPS) is 22.3. The molecule has 1 fully saturated rings. The van der Waals surface area contributed by atoms with Gasteiger partial charge in [0.1, 0.15) is 0 Å². The van der Waals surface area contributed by atoms with Crippen LogP contribution in [-0.4, -0.2) is 39.1 Å². The molecule has 26 heavy (non-hydrogen) atoms. The van der Waals surface area contributed by atoms with Gasteiger partial charge in [0, 0.05) is 13.0 Å². The first-order chi connectivity index (χ1) is 12.4. The molecular weight excluding hydrogens is 340 g/mol. The van der Waals surface area contributed by atoms with Gasteiger partial charge in [0.2, 0.25) is 9.04 Å². The highest BCUT2D eigenvalue weighted by Crippen LogP contribution is 2.31. The summed E-state index contributed by atoms with van der Waals surface area (Å²) in [5.41, 5.74) is -0.0729. The van der Waals surface area contributed by atoms with Gasteiger partial charge >= 0.3 is 0 Å². The van der Waals surface area contributed by atoms with E-state index in [0.29, 0.717) is 19.4 Å². The molecule has 3 atom stereocenters. The highest BCUT2D eigenvalue weighted by atomic mass is 28.3. The van der Waals surface area contributed by atoms with Crippen molar-refractivity contribution in [1.82, 2.24) is 0 Å². The summed E-state index contributed by atoms with van der Waals surface area (Å²) >= 11 is 0. The molecule has 0 bridgehead atoms. The molecule has 0 aromatic heterocycles. The van der Waals surface area contributed by atoms with Gasteiger partial charge in [-0.15, -0.1) is 0 Å². The van der Waals surface area contributed by atoms with Gasteiger partial charge in [-0.3, -0.25) is 0 Å². The van der Waals surface area contributed by atoms with E-state index in [9.17, 15) is 5.11 Å². The van der Waals surface area contributed by atoms with Crippen LogP contribution in [0.15, 0.2) is 60.7 Å². The quantitative estimate of drug-likeness (QED) is 0.822. The van der Waals surface area contributed by atoms with E-state index in [1.807, 2.05) is 12.1 Å². The van der Waals surface area contributed by atoms with E-state index in [1.54, 1.807) is 0 Å². The van der Waals surface area contributed by atoms with Crippen LogP contribution < -0.4 is 10.4 Å². The minimum absolute atomic E-state index is 0.0606. The molecule has 2 aromatic rings. The van der Waals surface area contributed by atoms with Crippen molar-refractivity contribution in [2.45, 2.75) is 51.9 Å². The highest BCUT2D eigenvalue weighted by Gasteiger charge is 2.39. The Hall–Kier alpha value is -1.46. The van der Waals surface area contributed by atoms with E-state index in [1.165, 1.54) is 10.4 Å². The van der Waals surface area contributed by atoms with Crippen LogP contribution in [0.3, 0.4) is 0 Å². The van der Waals surface area contributed by atoms with Gasteiger partial charge in [-0.2, -0.15) is 0 Å². The second kappa shape index (κ2) is 8.48. The van der Waals surface area contributed by atoms with Crippen molar-refractivity contribution in [3.63, 3.8) is 0 Å². The lowest BCUT2D eigenvalue weighted by molar-refractivity contribution is -0.116. The number of rotatable bonds is 5. The number of ether oxygens (including phenoxy) is 1. The molecule has 1 aliphatic heterocycles. The topological polar surface area (TPSA) is 38.7 Å². The summed E-state index contributed by atoms with van der Waals surface area (Å²) in [5, 5.41) is 12.7. The third kappa shape index (κ3) is 4.83. The van der Waals surface area contributed by atoms with Crippen molar-refractivity contribution in [2.75, 3.05) is 6.61 Å². The first kappa shape index (κ1) is 19.3. The Morgan fingerprint density at radius 1 is 1.00 bits per heavy atom. The highest BCUT2D eigenvalue weighted by molar-refractivity contribution is 6.80. The maximum Gasteiger partial charge on any atom is 0.240 e. The SMILES string of the molecule is CC(C)(C)C(O[SiH](c1ccccc1)c1ccccc1)C1CC(O)CCO1. The van der Waals surface area contributed by atoms with Crippen LogP contribution in [0.2, 0.25) is 0 Å². The molecule has 0 radical (unpaired) electrons. The zero-order valence-corrected chi connectivity index (χ0v) is 17.1. The fraction of sp³-hybridized carbons (Fsp3) is 0.455. The van der Waals surface area contributed by atoms with Crippen molar-refractivity contribution in [2.24, 2.45) is 5.41 Å². The van der Waals surface area contributed by atoms with Crippen molar-refractivity contribution in [3.05, 3.63) is 60.7 Å². The van der Waals surface area contributed by atoms with E-state index in [2.05, 4.69) is 69.3 Å². The maximum absolute atomic E-state index is 10.1. The van der Waals surface area contributed by atoms with E-state index >= 15 is 0 Å². The van der Waals surface area contributed by atoms with Gasteiger partial charge < -0.3 is 14.3 Å². The van der Waals surface area contributed by atoms with E-state index < -0.39 is 9.04 Å². The van der Waals surface area contributed by atoms with Crippen molar-refractivity contribution < 1.29 is 14.3 Å². The minimum Gasteiger partial charge on any atom is -0.405 e. The van der Waals surface area contributed by atoms with Crippen LogP contribution in [0.25, 0.3) is 0 Å². The first-order valence-electron chi connectivity index (χ1n) is 9.50. The van der Waals surface area contributed by atoms with Gasteiger partial charge in [-0.1, -0.05) is 81.4 Å². The molecule has 1 heterocycles. The van der Waals surface area contributed by atoms with Gasteiger partial charge in [-0.05, 0) is 22.2 Å². The summed E-state index contributed by atoms with van der Waals surface area (Å²) in [6, 6.07) is 21.1. The molecule has 3 rings (SSSR count). The minimum atomic E-state index is -1.86. The Morgan fingerprint density at radius 2 is 1.54 bits per heavy atom.